The van der Waals surface area contributed by atoms with Crippen molar-refractivity contribution in [2.75, 3.05) is 6.54 Å². The highest BCUT2D eigenvalue weighted by Gasteiger charge is 2.34. The number of nitrogens with two attached hydrogens (primary N) is 1. The lowest BCUT2D eigenvalue weighted by Crippen LogP contribution is -2.50. The van der Waals surface area contributed by atoms with Crippen LogP contribution in [0.2, 0.25) is 0 Å². The molecule has 0 aromatic rings. The van der Waals surface area contributed by atoms with E-state index in [2.05, 4.69) is 12.2 Å². The second-order valence-electron chi connectivity index (χ2n) is 4.45. The number of rotatable bonds is 6. The molecule has 1 aliphatic rings. The molecular weight excluding hydrogens is 176 g/mol. The average Bonchev–Trinajstić information content (AvgIpc) is 2.10. The molecule has 0 unspecified atom stereocenters. The smallest absolute Gasteiger partial charge is 0.221 e. The van der Waals surface area contributed by atoms with Crippen molar-refractivity contribution < 1.29 is 4.79 Å². The quantitative estimate of drug-likeness (QED) is 0.636. The lowest BCUT2D eigenvalue weighted by Gasteiger charge is -2.37. The Morgan fingerprint density at radius 2 is 2.14 bits per heavy atom. The monoisotopic (exact) mass is 198 g/mol. The molecule has 0 aliphatic heterocycles. The zero-order chi connectivity index (χ0) is 10.4. The van der Waals surface area contributed by atoms with Crippen LogP contribution in [-0.2, 0) is 4.79 Å². The van der Waals surface area contributed by atoms with Gasteiger partial charge in [0.1, 0.15) is 0 Å². The lowest BCUT2D eigenvalue weighted by molar-refractivity contribution is -0.123. The van der Waals surface area contributed by atoms with Gasteiger partial charge in [-0.05, 0) is 25.7 Å². The second-order valence-corrected chi connectivity index (χ2v) is 4.45. The van der Waals surface area contributed by atoms with E-state index in [0.29, 0.717) is 6.42 Å². The summed E-state index contributed by atoms with van der Waals surface area (Å²) in [6, 6.07) is 0. The van der Waals surface area contributed by atoms with Crippen LogP contribution in [0.25, 0.3) is 0 Å². The largest absolute Gasteiger partial charge is 0.356 e. The molecule has 0 aromatic heterocycles. The molecule has 3 heteroatoms. The van der Waals surface area contributed by atoms with Crippen molar-refractivity contribution >= 4 is 5.91 Å². The lowest BCUT2D eigenvalue weighted by atomic mass is 9.75. The molecule has 1 amide bonds. The Kier molecular flexibility index (Phi) is 4.39. The van der Waals surface area contributed by atoms with E-state index < -0.39 is 0 Å². The summed E-state index contributed by atoms with van der Waals surface area (Å²) < 4.78 is 0. The predicted octanol–water partition coefficient (Wildman–Crippen LogP) is 1.56. The van der Waals surface area contributed by atoms with Gasteiger partial charge in [0.25, 0.3) is 0 Å². The predicted molar refractivity (Wildman–Crippen MR) is 57.9 cm³/mol. The Morgan fingerprint density at radius 3 is 2.64 bits per heavy atom. The van der Waals surface area contributed by atoms with E-state index in [0.717, 1.165) is 25.8 Å². The molecule has 0 heterocycles. The van der Waals surface area contributed by atoms with Gasteiger partial charge in [0.05, 0.1) is 0 Å². The Hall–Kier alpha value is -0.570. The van der Waals surface area contributed by atoms with Crippen LogP contribution in [0.5, 0.6) is 0 Å². The maximum Gasteiger partial charge on any atom is 0.221 e. The minimum atomic E-state index is -0.172. The zero-order valence-electron chi connectivity index (χ0n) is 9.14. The maximum absolute atomic E-state index is 11.4. The van der Waals surface area contributed by atoms with Crippen molar-refractivity contribution in [1.29, 1.82) is 0 Å². The summed E-state index contributed by atoms with van der Waals surface area (Å²) >= 11 is 0. The molecule has 0 atom stereocenters. The average molecular weight is 198 g/mol. The fourth-order valence-electron chi connectivity index (χ4n) is 1.79. The first kappa shape index (κ1) is 11.5. The molecule has 1 saturated carbocycles. The number of hydrogen-bond donors (Lipinski definition) is 2. The van der Waals surface area contributed by atoms with E-state index in [-0.39, 0.29) is 11.4 Å². The standard InChI is InChI=1S/C11H22N2O/c1-2-3-4-8-13-10(14)9-11(12)6-5-7-11/h2-9,12H2,1H3,(H,13,14). The van der Waals surface area contributed by atoms with Crippen molar-refractivity contribution in [2.24, 2.45) is 5.73 Å². The summed E-state index contributed by atoms with van der Waals surface area (Å²) in [5.41, 5.74) is 5.80. The van der Waals surface area contributed by atoms with E-state index in [1.807, 2.05) is 0 Å². The van der Waals surface area contributed by atoms with E-state index in [9.17, 15) is 4.79 Å². The molecule has 0 bridgehead atoms. The Bertz CT molecular complexity index is 188. The molecule has 1 rings (SSSR count). The van der Waals surface area contributed by atoms with E-state index in [1.54, 1.807) is 0 Å². The first-order valence-corrected chi connectivity index (χ1v) is 5.72. The number of nitrogens with one attached hydrogen (secondary N) is 1. The summed E-state index contributed by atoms with van der Waals surface area (Å²) in [5.74, 6) is 0.128. The van der Waals surface area contributed by atoms with Gasteiger partial charge in [-0.2, -0.15) is 0 Å². The third kappa shape index (κ3) is 3.66. The minimum Gasteiger partial charge on any atom is -0.356 e. The van der Waals surface area contributed by atoms with E-state index in [4.69, 9.17) is 5.73 Å². The highest BCUT2D eigenvalue weighted by Crippen LogP contribution is 2.31. The minimum absolute atomic E-state index is 0.128. The number of hydrogen-bond acceptors (Lipinski definition) is 2. The van der Waals surface area contributed by atoms with Gasteiger partial charge in [0.2, 0.25) is 5.91 Å². The number of carbonyl (C=O) groups is 1. The Balaban J connectivity index is 2.04. The zero-order valence-corrected chi connectivity index (χ0v) is 9.14. The third-order valence-corrected chi connectivity index (χ3v) is 2.96. The highest BCUT2D eigenvalue weighted by atomic mass is 16.1. The molecule has 0 aromatic carbocycles. The second kappa shape index (κ2) is 5.35. The van der Waals surface area contributed by atoms with Gasteiger partial charge in [-0.3, -0.25) is 4.79 Å². The van der Waals surface area contributed by atoms with Crippen LogP contribution in [0.1, 0.15) is 51.9 Å². The first-order valence-electron chi connectivity index (χ1n) is 5.72. The van der Waals surface area contributed by atoms with Gasteiger partial charge in [0, 0.05) is 18.5 Å². The maximum atomic E-state index is 11.4. The Morgan fingerprint density at radius 1 is 1.43 bits per heavy atom. The van der Waals surface area contributed by atoms with E-state index >= 15 is 0 Å². The number of carbonyl (C=O) groups excluding carboxylic acids is 1. The van der Waals surface area contributed by atoms with Crippen molar-refractivity contribution in [2.45, 2.75) is 57.4 Å². The topological polar surface area (TPSA) is 55.1 Å². The molecular formula is C11H22N2O. The van der Waals surface area contributed by atoms with Gasteiger partial charge < -0.3 is 11.1 Å². The summed E-state index contributed by atoms with van der Waals surface area (Å²) in [5, 5.41) is 2.92. The van der Waals surface area contributed by atoms with Crippen LogP contribution in [0.4, 0.5) is 0 Å². The fourth-order valence-corrected chi connectivity index (χ4v) is 1.79. The third-order valence-electron chi connectivity index (χ3n) is 2.96. The van der Waals surface area contributed by atoms with Crippen molar-refractivity contribution in [3.05, 3.63) is 0 Å². The molecule has 3 nitrogen and oxygen atoms in total. The Labute approximate surface area is 86.4 Å². The summed E-state index contributed by atoms with van der Waals surface area (Å²) in [7, 11) is 0. The van der Waals surface area contributed by atoms with Crippen molar-refractivity contribution in [1.82, 2.24) is 5.32 Å². The summed E-state index contributed by atoms with van der Waals surface area (Å²) in [6.45, 7) is 2.97. The summed E-state index contributed by atoms with van der Waals surface area (Å²) in [4.78, 5) is 11.4. The van der Waals surface area contributed by atoms with Crippen LogP contribution in [-0.4, -0.2) is 18.0 Å². The fraction of sp³-hybridized carbons (Fsp3) is 0.909. The van der Waals surface area contributed by atoms with Gasteiger partial charge >= 0.3 is 0 Å². The summed E-state index contributed by atoms with van der Waals surface area (Å²) in [6.07, 6.45) is 7.17. The first-order chi connectivity index (χ1) is 6.66. The molecule has 14 heavy (non-hydrogen) atoms. The van der Waals surface area contributed by atoms with Crippen LogP contribution in [0.3, 0.4) is 0 Å². The van der Waals surface area contributed by atoms with Crippen molar-refractivity contribution in [3.63, 3.8) is 0 Å². The molecule has 82 valence electrons. The van der Waals surface area contributed by atoms with Gasteiger partial charge in [-0.15, -0.1) is 0 Å². The molecule has 3 N–H and O–H groups in total. The molecule has 0 spiro atoms. The van der Waals surface area contributed by atoms with Crippen LogP contribution < -0.4 is 11.1 Å². The SMILES string of the molecule is CCCCCNC(=O)CC1(N)CCC1. The van der Waals surface area contributed by atoms with Gasteiger partial charge in [-0.25, -0.2) is 0 Å². The molecule has 0 saturated heterocycles. The number of unbranched alkanes of at least 4 members (excludes halogenated alkanes) is 2. The molecule has 1 aliphatic carbocycles. The molecule has 1 fully saturated rings. The van der Waals surface area contributed by atoms with Gasteiger partial charge in [0.15, 0.2) is 0 Å². The van der Waals surface area contributed by atoms with Crippen LogP contribution >= 0.6 is 0 Å². The highest BCUT2D eigenvalue weighted by molar-refractivity contribution is 5.77. The van der Waals surface area contributed by atoms with Crippen LogP contribution in [0, 0.1) is 0 Å². The molecule has 0 radical (unpaired) electrons. The normalized spacial score (nSPS) is 18.7. The van der Waals surface area contributed by atoms with Gasteiger partial charge in [-0.1, -0.05) is 19.8 Å². The van der Waals surface area contributed by atoms with E-state index in [1.165, 1.54) is 19.3 Å². The van der Waals surface area contributed by atoms with Crippen molar-refractivity contribution in [3.8, 4) is 0 Å². The number of amides is 1. The van der Waals surface area contributed by atoms with Crippen LogP contribution in [0.15, 0.2) is 0 Å².